The molecule has 18 heavy (non-hydrogen) atoms. The summed E-state index contributed by atoms with van der Waals surface area (Å²) in [5.41, 5.74) is 0.866. The molecule has 1 atom stereocenters. The minimum atomic E-state index is -0.364. The molecule has 5 heteroatoms. The Bertz CT molecular complexity index is 403. The quantitative estimate of drug-likeness (QED) is 0.755. The first-order valence-corrected chi connectivity index (χ1v) is 5.96. The molecule has 0 saturated carbocycles. The Morgan fingerprint density at radius 2 is 2.17 bits per heavy atom. The highest BCUT2D eigenvalue weighted by Gasteiger charge is 2.28. The number of carbonyl (C=O) groups excluding carboxylic acids is 1. The van der Waals surface area contributed by atoms with Crippen molar-refractivity contribution in [3.63, 3.8) is 0 Å². The molecule has 0 N–H and O–H groups in total. The van der Waals surface area contributed by atoms with Crippen LogP contribution in [0.4, 0.5) is 9.18 Å². The fourth-order valence-electron chi connectivity index (χ4n) is 1.65. The second-order valence-electron chi connectivity index (χ2n) is 4.16. The van der Waals surface area contributed by atoms with Crippen LogP contribution in [0.5, 0.6) is 0 Å². The molecule has 98 valence electrons. The molecule has 1 aliphatic heterocycles. The standard InChI is InChI=1S/C13H16FNO3/c1-2-17-13(16)15(8-12-9-18-12)7-10-3-5-11(14)6-4-10/h3-6,12H,2,7-9H2,1H3. The van der Waals surface area contributed by atoms with Crippen molar-refractivity contribution in [2.45, 2.75) is 19.6 Å². The number of amides is 1. The summed E-state index contributed by atoms with van der Waals surface area (Å²) in [6.07, 6.45) is -0.257. The first-order chi connectivity index (χ1) is 8.69. The van der Waals surface area contributed by atoms with E-state index in [1.165, 1.54) is 12.1 Å². The molecule has 1 aliphatic rings. The van der Waals surface area contributed by atoms with E-state index >= 15 is 0 Å². The van der Waals surface area contributed by atoms with Crippen molar-refractivity contribution in [1.29, 1.82) is 0 Å². The monoisotopic (exact) mass is 253 g/mol. The Morgan fingerprint density at radius 3 is 2.72 bits per heavy atom. The molecular weight excluding hydrogens is 237 g/mol. The van der Waals surface area contributed by atoms with Gasteiger partial charge >= 0.3 is 6.09 Å². The zero-order chi connectivity index (χ0) is 13.0. The first kappa shape index (κ1) is 12.8. The largest absolute Gasteiger partial charge is 0.450 e. The number of benzene rings is 1. The Labute approximate surface area is 105 Å². The number of rotatable bonds is 5. The zero-order valence-corrected chi connectivity index (χ0v) is 10.3. The summed E-state index contributed by atoms with van der Waals surface area (Å²) in [6, 6.07) is 6.09. The number of hydrogen-bond acceptors (Lipinski definition) is 3. The lowest BCUT2D eigenvalue weighted by molar-refractivity contribution is 0.101. The predicted octanol–water partition coefficient (Wildman–Crippen LogP) is 2.18. The molecule has 1 aromatic rings. The molecule has 4 nitrogen and oxygen atoms in total. The van der Waals surface area contributed by atoms with Crippen LogP contribution in [-0.4, -0.2) is 36.9 Å². The first-order valence-electron chi connectivity index (χ1n) is 5.96. The van der Waals surface area contributed by atoms with Crippen molar-refractivity contribution in [2.75, 3.05) is 19.8 Å². The van der Waals surface area contributed by atoms with E-state index in [0.29, 0.717) is 26.3 Å². The van der Waals surface area contributed by atoms with E-state index in [-0.39, 0.29) is 18.0 Å². The molecule has 0 aliphatic carbocycles. The SMILES string of the molecule is CCOC(=O)N(Cc1ccc(F)cc1)CC1CO1. The maximum atomic E-state index is 12.8. The average molecular weight is 253 g/mol. The van der Waals surface area contributed by atoms with E-state index in [0.717, 1.165) is 5.56 Å². The van der Waals surface area contributed by atoms with Gasteiger partial charge in [0.05, 0.1) is 25.9 Å². The van der Waals surface area contributed by atoms with Gasteiger partial charge in [0.2, 0.25) is 0 Å². The summed E-state index contributed by atoms with van der Waals surface area (Å²) in [5.74, 6) is -0.285. The van der Waals surface area contributed by atoms with E-state index in [4.69, 9.17) is 9.47 Å². The molecular formula is C13H16FNO3. The van der Waals surface area contributed by atoms with Crippen LogP contribution in [0.1, 0.15) is 12.5 Å². The summed E-state index contributed by atoms with van der Waals surface area (Å²) in [7, 11) is 0. The molecule has 1 heterocycles. The second-order valence-corrected chi connectivity index (χ2v) is 4.16. The van der Waals surface area contributed by atoms with Crippen LogP contribution in [0.2, 0.25) is 0 Å². The molecule has 1 saturated heterocycles. The van der Waals surface area contributed by atoms with Crippen LogP contribution in [0.25, 0.3) is 0 Å². The molecule has 1 amide bonds. The van der Waals surface area contributed by atoms with Crippen LogP contribution in [-0.2, 0) is 16.0 Å². The fourth-order valence-corrected chi connectivity index (χ4v) is 1.65. The van der Waals surface area contributed by atoms with E-state index in [1.807, 2.05) is 0 Å². The van der Waals surface area contributed by atoms with E-state index < -0.39 is 0 Å². The smallest absolute Gasteiger partial charge is 0.410 e. The number of hydrogen-bond donors (Lipinski definition) is 0. The topological polar surface area (TPSA) is 42.1 Å². The molecule has 0 spiro atoms. The maximum Gasteiger partial charge on any atom is 0.410 e. The Balaban J connectivity index is 1.98. The Morgan fingerprint density at radius 1 is 1.50 bits per heavy atom. The average Bonchev–Trinajstić information content (AvgIpc) is 3.15. The number of epoxide rings is 1. The number of ether oxygens (including phenoxy) is 2. The van der Waals surface area contributed by atoms with Crippen molar-refractivity contribution >= 4 is 6.09 Å². The molecule has 1 fully saturated rings. The van der Waals surface area contributed by atoms with Crippen molar-refractivity contribution in [1.82, 2.24) is 4.90 Å². The van der Waals surface area contributed by atoms with Crippen molar-refractivity contribution in [3.05, 3.63) is 35.6 Å². The number of nitrogens with zero attached hydrogens (tertiary/aromatic N) is 1. The number of halogens is 1. The highest BCUT2D eigenvalue weighted by Crippen LogP contribution is 2.15. The maximum absolute atomic E-state index is 12.8. The van der Waals surface area contributed by atoms with Crippen LogP contribution >= 0.6 is 0 Å². The van der Waals surface area contributed by atoms with E-state index in [9.17, 15) is 9.18 Å². The van der Waals surface area contributed by atoms with Gasteiger partial charge in [-0.1, -0.05) is 12.1 Å². The highest BCUT2D eigenvalue weighted by atomic mass is 19.1. The van der Waals surface area contributed by atoms with Crippen LogP contribution < -0.4 is 0 Å². The van der Waals surface area contributed by atoms with Crippen molar-refractivity contribution in [3.8, 4) is 0 Å². The number of carbonyl (C=O) groups is 1. The van der Waals surface area contributed by atoms with Crippen LogP contribution in [0.15, 0.2) is 24.3 Å². The Hall–Kier alpha value is -1.62. The van der Waals surface area contributed by atoms with Gasteiger partial charge in [0, 0.05) is 6.54 Å². The second kappa shape index (κ2) is 5.82. The zero-order valence-electron chi connectivity index (χ0n) is 10.3. The fraction of sp³-hybridized carbons (Fsp3) is 0.462. The van der Waals surface area contributed by atoms with Gasteiger partial charge in [-0.3, -0.25) is 0 Å². The molecule has 1 unspecified atom stereocenters. The minimum absolute atomic E-state index is 0.106. The third-order valence-electron chi connectivity index (χ3n) is 2.64. The van der Waals surface area contributed by atoms with Gasteiger partial charge in [0.15, 0.2) is 0 Å². The highest BCUT2D eigenvalue weighted by molar-refractivity contribution is 5.67. The predicted molar refractivity (Wildman–Crippen MR) is 63.6 cm³/mol. The van der Waals surface area contributed by atoms with Crippen LogP contribution in [0, 0.1) is 5.82 Å². The van der Waals surface area contributed by atoms with Gasteiger partial charge in [0.1, 0.15) is 5.82 Å². The van der Waals surface area contributed by atoms with Gasteiger partial charge in [0.25, 0.3) is 0 Å². The minimum Gasteiger partial charge on any atom is -0.450 e. The van der Waals surface area contributed by atoms with Gasteiger partial charge in [-0.15, -0.1) is 0 Å². The van der Waals surface area contributed by atoms with Gasteiger partial charge in [-0.2, -0.15) is 0 Å². The van der Waals surface area contributed by atoms with Gasteiger partial charge in [-0.25, -0.2) is 9.18 Å². The van der Waals surface area contributed by atoms with Gasteiger partial charge < -0.3 is 14.4 Å². The molecule has 0 bridgehead atoms. The van der Waals surface area contributed by atoms with Crippen molar-refractivity contribution < 1.29 is 18.7 Å². The Kier molecular flexibility index (Phi) is 4.15. The third kappa shape index (κ3) is 3.70. The normalized spacial score (nSPS) is 17.3. The summed E-state index contributed by atoms with van der Waals surface area (Å²) in [4.78, 5) is 13.3. The molecule has 0 aromatic heterocycles. The summed E-state index contributed by atoms with van der Waals surface area (Å²) in [6.45, 7) is 3.69. The molecule has 1 aromatic carbocycles. The third-order valence-corrected chi connectivity index (χ3v) is 2.64. The lowest BCUT2D eigenvalue weighted by Gasteiger charge is -2.21. The lowest BCUT2D eigenvalue weighted by Crippen LogP contribution is -2.34. The lowest BCUT2D eigenvalue weighted by atomic mass is 10.2. The van der Waals surface area contributed by atoms with Crippen LogP contribution in [0.3, 0.4) is 0 Å². The summed E-state index contributed by atoms with van der Waals surface area (Å²) < 4.78 is 22.9. The summed E-state index contributed by atoms with van der Waals surface area (Å²) in [5, 5.41) is 0. The molecule has 0 radical (unpaired) electrons. The molecule has 2 rings (SSSR count). The van der Waals surface area contributed by atoms with Gasteiger partial charge in [-0.05, 0) is 24.6 Å². The van der Waals surface area contributed by atoms with Crippen molar-refractivity contribution in [2.24, 2.45) is 0 Å². The summed E-state index contributed by atoms with van der Waals surface area (Å²) >= 11 is 0. The van der Waals surface area contributed by atoms with E-state index in [2.05, 4.69) is 0 Å². The van der Waals surface area contributed by atoms with E-state index in [1.54, 1.807) is 24.0 Å².